The Bertz CT molecular complexity index is 286. The van der Waals surface area contributed by atoms with Gasteiger partial charge in [0.1, 0.15) is 0 Å². The molecule has 0 bridgehead atoms. The van der Waals surface area contributed by atoms with Crippen LogP contribution in [0, 0.1) is 11.3 Å². The zero-order chi connectivity index (χ0) is 12.6. The summed E-state index contributed by atoms with van der Waals surface area (Å²) in [5, 5.41) is 19.5. The van der Waals surface area contributed by atoms with Gasteiger partial charge >= 0.3 is 12.0 Å². The molecule has 2 N–H and O–H groups in total. The fourth-order valence-corrected chi connectivity index (χ4v) is 1.20. The number of nitrogens with one attached hydrogen (secondary N) is 1. The Hall–Kier alpha value is -1.77. The Morgan fingerprint density at radius 3 is 2.62 bits per heavy atom. The first-order chi connectivity index (χ1) is 7.51. The summed E-state index contributed by atoms with van der Waals surface area (Å²) in [6.07, 6.45) is 0.163. The van der Waals surface area contributed by atoms with Crippen LogP contribution < -0.4 is 5.32 Å². The van der Waals surface area contributed by atoms with E-state index in [4.69, 9.17) is 10.4 Å². The average molecular weight is 227 g/mol. The van der Waals surface area contributed by atoms with Gasteiger partial charge in [-0.05, 0) is 13.8 Å². The number of carbonyl (C=O) groups excluding carboxylic acids is 1. The van der Waals surface area contributed by atoms with Crippen molar-refractivity contribution in [2.75, 3.05) is 13.1 Å². The highest BCUT2D eigenvalue weighted by Crippen LogP contribution is 1.96. The number of carboxylic acid groups (broad SMARTS) is 1. The van der Waals surface area contributed by atoms with Crippen LogP contribution in [0.2, 0.25) is 0 Å². The predicted molar refractivity (Wildman–Crippen MR) is 57.7 cm³/mol. The Kier molecular flexibility index (Phi) is 6.68. The van der Waals surface area contributed by atoms with Crippen LogP contribution in [0.1, 0.15) is 26.7 Å². The molecule has 0 radical (unpaired) electrons. The van der Waals surface area contributed by atoms with Crippen LogP contribution in [-0.2, 0) is 4.79 Å². The maximum Gasteiger partial charge on any atom is 0.317 e. The second kappa shape index (κ2) is 7.51. The number of carbonyl (C=O) groups is 2. The number of urea groups is 1. The number of nitrogens with zero attached hydrogens (tertiary/aromatic N) is 2. The molecule has 2 amide bonds. The lowest BCUT2D eigenvalue weighted by atomic mass is 10.2. The summed E-state index contributed by atoms with van der Waals surface area (Å²) in [6.45, 7) is 4.29. The van der Waals surface area contributed by atoms with E-state index in [1.165, 1.54) is 4.90 Å². The maximum absolute atomic E-state index is 11.6. The van der Waals surface area contributed by atoms with Crippen molar-refractivity contribution in [3.8, 4) is 6.07 Å². The highest BCUT2D eigenvalue weighted by atomic mass is 16.4. The summed E-state index contributed by atoms with van der Waals surface area (Å²) in [5.41, 5.74) is 0. The lowest BCUT2D eigenvalue weighted by Crippen LogP contribution is -2.44. The smallest absolute Gasteiger partial charge is 0.317 e. The number of amides is 2. The van der Waals surface area contributed by atoms with E-state index >= 15 is 0 Å². The van der Waals surface area contributed by atoms with Gasteiger partial charge in [0.05, 0.1) is 18.9 Å². The van der Waals surface area contributed by atoms with Gasteiger partial charge in [-0.15, -0.1) is 0 Å². The van der Waals surface area contributed by atoms with E-state index in [9.17, 15) is 9.59 Å². The van der Waals surface area contributed by atoms with Gasteiger partial charge in [-0.1, -0.05) is 0 Å². The summed E-state index contributed by atoms with van der Waals surface area (Å²) >= 11 is 0. The molecule has 90 valence electrons. The molecule has 0 aromatic carbocycles. The maximum atomic E-state index is 11.6. The quantitative estimate of drug-likeness (QED) is 0.701. The Balaban J connectivity index is 4.10. The van der Waals surface area contributed by atoms with Gasteiger partial charge < -0.3 is 15.3 Å². The zero-order valence-corrected chi connectivity index (χ0v) is 9.56. The van der Waals surface area contributed by atoms with Crippen LogP contribution >= 0.6 is 0 Å². The molecule has 0 aliphatic heterocycles. The number of nitriles is 1. The van der Waals surface area contributed by atoms with Crippen LogP contribution in [0.25, 0.3) is 0 Å². The molecule has 6 nitrogen and oxygen atoms in total. The fourth-order valence-electron chi connectivity index (χ4n) is 1.20. The minimum Gasteiger partial charge on any atom is -0.481 e. The molecule has 0 fully saturated rings. The number of aliphatic carboxylic acids is 1. The lowest BCUT2D eigenvalue weighted by molar-refractivity contribution is -0.137. The molecule has 0 aromatic rings. The summed E-state index contributed by atoms with van der Waals surface area (Å²) in [7, 11) is 0. The van der Waals surface area contributed by atoms with Crippen molar-refractivity contribution < 1.29 is 14.7 Å². The summed E-state index contributed by atoms with van der Waals surface area (Å²) < 4.78 is 0. The second-order valence-electron chi connectivity index (χ2n) is 3.44. The topological polar surface area (TPSA) is 93.4 Å². The van der Waals surface area contributed by atoms with Gasteiger partial charge in [0.15, 0.2) is 0 Å². The van der Waals surface area contributed by atoms with Crippen molar-refractivity contribution in [2.45, 2.75) is 32.7 Å². The Morgan fingerprint density at radius 2 is 2.19 bits per heavy atom. The third kappa shape index (κ3) is 5.86. The molecule has 0 aliphatic carbocycles. The minimum absolute atomic E-state index is 0.110. The number of hydrogen-bond donors (Lipinski definition) is 2. The third-order valence-electron chi connectivity index (χ3n) is 2.01. The van der Waals surface area contributed by atoms with E-state index in [0.717, 1.165) is 0 Å². The third-order valence-corrected chi connectivity index (χ3v) is 2.01. The number of carboxylic acids is 1. The van der Waals surface area contributed by atoms with Gasteiger partial charge in [0.25, 0.3) is 0 Å². The molecular weight excluding hydrogens is 210 g/mol. The lowest BCUT2D eigenvalue weighted by Gasteiger charge is -2.22. The molecule has 1 atom stereocenters. The second-order valence-corrected chi connectivity index (χ2v) is 3.44. The van der Waals surface area contributed by atoms with Gasteiger partial charge in [-0.2, -0.15) is 5.26 Å². The van der Waals surface area contributed by atoms with Gasteiger partial charge in [0, 0.05) is 19.1 Å². The van der Waals surface area contributed by atoms with E-state index in [1.54, 1.807) is 13.8 Å². The first-order valence-electron chi connectivity index (χ1n) is 5.15. The van der Waals surface area contributed by atoms with Gasteiger partial charge in [-0.3, -0.25) is 4.79 Å². The van der Waals surface area contributed by atoms with Crippen molar-refractivity contribution in [1.29, 1.82) is 5.26 Å². The van der Waals surface area contributed by atoms with Crippen LogP contribution in [0.4, 0.5) is 4.79 Å². The molecule has 0 saturated carbocycles. The zero-order valence-electron chi connectivity index (χ0n) is 9.56. The van der Waals surface area contributed by atoms with Crippen LogP contribution in [0.5, 0.6) is 0 Å². The van der Waals surface area contributed by atoms with E-state index in [1.807, 2.05) is 6.07 Å². The molecule has 0 rings (SSSR count). The van der Waals surface area contributed by atoms with Crippen molar-refractivity contribution in [3.05, 3.63) is 0 Å². The average Bonchev–Trinajstić information content (AvgIpc) is 2.17. The molecule has 1 unspecified atom stereocenters. The first-order valence-corrected chi connectivity index (χ1v) is 5.15. The molecular formula is C10H17N3O3. The van der Waals surface area contributed by atoms with E-state index in [2.05, 4.69) is 5.32 Å². The predicted octanol–water partition coefficient (Wildman–Crippen LogP) is 0.795. The normalized spacial score (nSPS) is 11.3. The van der Waals surface area contributed by atoms with Crippen molar-refractivity contribution in [3.63, 3.8) is 0 Å². The number of rotatable bonds is 6. The van der Waals surface area contributed by atoms with E-state index < -0.39 is 12.0 Å². The standard InChI is InChI=1S/C10H17N3O3/c1-3-13(6-4-5-11)10(16)12-8(2)7-9(14)15/h8H,3-4,6-7H2,1-2H3,(H,12,16)(H,14,15). The van der Waals surface area contributed by atoms with E-state index in [0.29, 0.717) is 13.1 Å². The summed E-state index contributed by atoms with van der Waals surface area (Å²) in [4.78, 5) is 23.5. The molecule has 0 aromatic heterocycles. The highest BCUT2D eigenvalue weighted by Gasteiger charge is 2.15. The van der Waals surface area contributed by atoms with Crippen molar-refractivity contribution >= 4 is 12.0 Å². The molecule has 16 heavy (non-hydrogen) atoms. The fraction of sp³-hybridized carbons (Fsp3) is 0.700. The largest absolute Gasteiger partial charge is 0.481 e. The molecule has 0 saturated heterocycles. The summed E-state index contributed by atoms with van der Waals surface area (Å²) in [6, 6.07) is 1.21. The minimum atomic E-state index is -0.951. The van der Waals surface area contributed by atoms with E-state index in [-0.39, 0.29) is 18.9 Å². The number of hydrogen-bond acceptors (Lipinski definition) is 3. The summed E-state index contributed by atoms with van der Waals surface area (Å²) in [5.74, 6) is -0.951. The van der Waals surface area contributed by atoms with Crippen LogP contribution in [0.15, 0.2) is 0 Å². The Morgan fingerprint density at radius 1 is 1.56 bits per heavy atom. The molecule has 0 aliphatic rings. The van der Waals surface area contributed by atoms with Crippen molar-refractivity contribution in [2.24, 2.45) is 0 Å². The van der Waals surface area contributed by atoms with Gasteiger partial charge in [0.2, 0.25) is 0 Å². The monoisotopic (exact) mass is 227 g/mol. The molecule has 0 heterocycles. The van der Waals surface area contributed by atoms with Crippen LogP contribution in [0.3, 0.4) is 0 Å². The molecule has 6 heteroatoms. The molecule has 0 spiro atoms. The highest BCUT2D eigenvalue weighted by molar-refractivity contribution is 5.75. The van der Waals surface area contributed by atoms with Gasteiger partial charge in [-0.25, -0.2) is 4.79 Å². The SMILES string of the molecule is CCN(CCC#N)C(=O)NC(C)CC(=O)O. The van der Waals surface area contributed by atoms with Crippen LogP contribution in [-0.4, -0.2) is 41.1 Å². The first kappa shape index (κ1) is 14.2. The van der Waals surface area contributed by atoms with Crippen molar-refractivity contribution in [1.82, 2.24) is 10.2 Å². The Labute approximate surface area is 94.8 Å².